The van der Waals surface area contributed by atoms with Crippen LogP contribution in [0.25, 0.3) is 0 Å². The average Bonchev–Trinajstić information content (AvgIpc) is 3.06. The zero-order valence-corrected chi connectivity index (χ0v) is 18.4. The lowest BCUT2D eigenvalue weighted by Crippen LogP contribution is -2.64. The lowest BCUT2D eigenvalue weighted by molar-refractivity contribution is -0.246. The SMILES string of the molecule is CC(C)[C@@H](NC(=O)[C@@H]1CCCN1C(=O)O)C(=O)NC1CC(C)(C)N(O)C(C)(C)C1. The minimum Gasteiger partial charge on any atom is -0.465 e. The van der Waals surface area contributed by atoms with Crippen molar-refractivity contribution in [3.05, 3.63) is 0 Å². The number of likely N-dealkylation sites (tertiary alicyclic amines) is 1. The Morgan fingerprint density at radius 3 is 2.10 bits per heavy atom. The molecule has 4 N–H and O–H groups in total. The first kappa shape index (κ1) is 23.4. The van der Waals surface area contributed by atoms with Gasteiger partial charge in [-0.1, -0.05) is 13.8 Å². The van der Waals surface area contributed by atoms with Gasteiger partial charge in [-0.3, -0.25) is 14.5 Å². The predicted molar refractivity (Wildman–Crippen MR) is 107 cm³/mol. The molecule has 0 aliphatic carbocycles. The first-order chi connectivity index (χ1) is 13.3. The Hall–Kier alpha value is -1.87. The molecule has 0 bridgehead atoms. The van der Waals surface area contributed by atoms with Gasteiger partial charge in [0, 0.05) is 23.7 Å². The fourth-order valence-electron chi connectivity index (χ4n) is 4.72. The van der Waals surface area contributed by atoms with Gasteiger partial charge >= 0.3 is 6.09 Å². The van der Waals surface area contributed by atoms with Gasteiger partial charge in [0.05, 0.1) is 0 Å². The van der Waals surface area contributed by atoms with Crippen molar-refractivity contribution in [3.8, 4) is 0 Å². The molecule has 2 aliphatic rings. The van der Waals surface area contributed by atoms with Crippen LogP contribution in [-0.4, -0.2) is 73.9 Å². The summed E-state index contributed by atoms with van der Waals surface area (Å²) in [5.41, 5.74) is -0.996. The fourth-order valence-corrected chi connectivity index (χ4v) is 4.72. The van der Waals surface area contributed by atoms with E-state index >= 15 is 0 Å². The Morgan fingerprint density at radius 2 is 1.62 bits per heavy atom. The van der Waals surface area contributed by atoms with Crippen LogP contribution in [0.5, 0.6) is 0 Å². The first-order valence-electron chi connectivity index (χ1n) is 10.4. The Bertz CT molecular complexity index is 631. The molecule has 0 aromatic carbocycles. The van der Waals surface area contributed by atoms with E-state index in [1.54, 1.807) is 0 Å². The van der Waals surface area contributed by atoms with Crippen molar-refractivity contribution in [2.24, 2.45) is 5.92 Å². The predicted octanol–water partition coefficient (Wildman–Crippen LogP) is 1.80. The summed E-state index contributed by atoms with van der Waals surface area (Å²) in [4.78, 5) is 38.1. The fraction of sp³-hybridized carbons (Fsp3) is 0.850. The number of piperidine rings is 1. The number of hydrogen-bond donors (Lipinski definition) is 4. The number of nitrogens with zero attached hydrogens (tertiary/aromatic N) is 2. The Balaban J connectivity index is 2.06. The van der Waals surface area contributed by atoms with E-state index in [9.17, 15) is 24.7 Å². The molecule has 0 radical (unpaired) electrons. The van der Waals surface area contributed by atoms with Crippen LogP contribution < -0.4 is 10.6 Å². The van der Waals surface area contributed by atoms with Gasteiger partial charge in [0.1, 0.15) is 12.1 Å². The quantitative estimate of drug-likeness (QED) is 0.546. The van der Waals surface area contributed by atoms with E-state index in [-0.39, 0.29) is 17.9 Å². The number of rotatable bonds is 5. The molecule has 2 rings (SSSR count). The molecule has 29 heavy (non-hydrogen) atoms. The second-order valence-corrected chi connectivity index (χ2v) is 9.91. The zero-order valence-electron chi connectivity index (χ0n) is 18.4. The molecule has 2 heterocycles. The number of carbonyl (C=O) groups excluding carboxylic acids is 2. The van der Waals surface area contributed by atoms with Crippen molar-refractivity contribution in [1.82, 2.24) is 20.6 Å². The van der Waals surface area contributed by atoms with E-state index in [0.717, 1.165) is 4.90 Å². The van der Waals surface area contributed by atoms with Crippen LogP contribution in [0.1, 0.15) is 67.2 Å². The second kappa shape index (κ2) is 8.47. The van der Waals surface area contributed by atoms with Crippen LogP contribution in [0, 0.1) is 5.92 Å². The van der Waals surface area contributed by atoms with E-state index < -0.39 is 35.2 Å². The molecule has 166 valence electrons. The summed E-state index contributed by atoms with van der Waals surface area (Å²) >= 11 is 0. The maximum Gasteiger partial charge on any atom is 0.407 e. The maximum absolute atomic E-state index is 13.0. The molecule has 9 nitrogen and oxygen atoms in total. The van der Waals surface area contributed by atoms with E-state index in [0.29, 0.717) is 32.2 Å². The minimum atomic E-state index is -1.12. The second-order valence-electron chi connectivity index (χ2n) is 9.91. The van der Waals surface area contributed by atoms with Gasteiger partial charge in [0.2, 0.25) is 11.8 Å². The van der Waals surface area contributed by atoms with E-state index in [4.69, 9.17) is 0 Å². The van der Waals surface area contributed by atoms with E-state index in [1.165, 1.54) is 5.06 Å². The highest BCUT2D eigenvalue weighted by Crippen LogP contribution is 2.36. The van der Waals surface area contributed by atoms with Gasteiger partial charge in [0.25, 0.3) is 0 Å². The number of hydroxylamine groups is 2. The number of hydrogen-bond acceptors (Lipinski definition) is 5. The average molecular weight is 413 g/mol. The smallest absolute Gasteiger partial charge is 0.407 e. The van der Waals surface area contributed by atoms with Crippen LogP contribution in [0.3, 0.4) is 0 Å². The summed E-state index contributed by atoms with van der Waals surface area (Å²) in [6.45, 7) is 11.7. The summed E-state index contributed by atoms with van der Waals surface area (Å²) < 4.78 is 0. The normalized spacial score (nSPS) is 25.7. The number of amides is 3. The van der Waals surface area contributed by atoms with Crippen molar-refractivity contribution in [3.63, 3.8) is 0 Å². The van der Waals surface area contributed by atoms with Crippen LogP contribution >= 0.6 is 0 Å². The summed E-state index contributed by atoms with van der Waals surface area (Å²) in [5.74, 6) is -0.863. The molecule has 0 spiro atoms. The lowest BCUT2D eigenvalue weighted by atomic mass is 9.79. The molecular weight excluding hydrogens is 376 g/mol. The van der Waals surface area contributed by atoms with Crippen molar-refractivity contribution in [2.75, 3.05) is 6.54 Å². The van der Waals surface area contributed by atoms with Gasteiger partial charge in [-0.05, 0) is 59.3 Å². The molecule has 0 saturated carbocycles. The molecule has 2 fully saturated rings. The maximum atomic E-state index is 13.0. The van der Waals surface area contributed by atoms with Crippen LogP contribution in [-0.2, 0) is 9.59 Å². The molecule has 3 amide bonds. The van der Waals surface area contributed by atoms with Crippen molar-refractivity contribution in [2.45, 2.75) is 96.4 Å². The number of carboxylic acid groups (broad SMARTS) is 1. The summed E-state index contributed by atoms with van der Waals surface area (Å²) in [5, 5.41) is 26.9. The molecule has 0 unspecified atom stereocenters. The van der Waals surface area contributed by atoms with Gasteiger partial charge in [-0.15, -0.1) is 0 Å². The van der Waals surface area contributed by atoms with Crippen LogP contribution in [0.4, 0.5) is 4.79 Å². The van der Waals surface area contributed by atoms with Gasteiger partial charge in [-0.25, -0.2) is 4.79 Å². The van der Waals surface area contributed by atoms with Crippen molar-refractivity contribution >= 4 is 17.9 Å². The van der Waals surface area contributed by atoms with E-state index in [2.05, 4.69) is 10.6 Å². The lowest BCUT2D eigenvalue weighted by Gasteiger charge is -2.51. The topological polar surface area (TPSA) is 122 Å². The Morgan fingerprint density at radius 1 is 1.07 bits per heavy atom. The molecule has 0 aromatic heterocycles. The Kier molecular flexibility index (Phi) is 6.84. The standard InChI is InChI=1S/C20H36N4O5/c1-12(2)15(22-16(25)14-8-7-9-23(14)18(27)28)17(26)21-13-10-19(3,4)24(29)20(5,6)11-13/h12-15,29H,7-11H2,1-6H3,(H,21,26)(H,22,25)(H,27,28)/t14-,15+/m0/s1. The third-order valence-electron chi connectivity index (χ3n) is 6.03. The van der Waals surface area contributed by atoms with E-state index in [1.807, 2.05) is 41.5 Å². The summed E-state index contributed by atoms with van der Waals surface area (Å²) in [6.07, 6.45) is 1.13. The molecular formula is C20H36N4O5. The Labute approximate surface area is 172 Å². The minimum absolute atomic E-state index is 0.143. The third kappa shape index (κ3) is 5.19. The highest BCUT2D eigenvalue weighted by molar-refractivity contribution is 5.91. The van der Waals surface area contributed by atoms with Gasteiger partial charge in [0.15, 0.2) is 0 Å². The van der Waals surface area contributed by atoms with Crippen molar-refractivity contribution < 1.29 is 24.7 Å². The number of nitrogens with one attached hydrogen (secondary N) is 2. The highest BCUT2D eigenvalue weighted by Gasteiger charge is 2.46. The molecule has 2 saturated heterocycles. The number of carbonyl (C=O) groups is 3. The third-order valence-corrected chi connectivity index (χ3v) is 6.03. The van der Waals surface area contributed by atoms with Gasteiger partial charge in [-0.2, -0.15) is 5.06 Å². The first-order valence-corrected chi connectivity index (χ1v) is 10.4. The van der Waals surface area contributed by atoms with Crippen LogP contribution in [0.15, 0.2) is 0 Å². The van der Waals surface area contributed by atoms with Gasteiger partial charge < -0.3 is 20.9 Å². The zero-order chi connectivity index (χ0) is 22.1. The molecule has 9 heteroatoms. The largest absolute Gasteiger partial charge is 0.465 e. The summed E-state index contributed by atoms with van der Waals surface area (Å²) in [7, 11) is 0. The summed E-state index contributed by atoms with van der Waals surface area (Å²) in [6, 6.07) is -1.65. The van der Waals surface area contributed by atoms with Crippen molar-refractivity contribution in [1.29, 1.82) is 0 Å². The monoisotopic (exact) mass is 412 g/mol. The molecule has 0 aromatic rings. The molecule has 2 aliphatic heterocycles. The van der Waals surface area contributed by atoms with Crippen LogP contribution in [0.2, 0.25) is 0 Å². The molecule has 2 atom stereocenters. The highest BCUT2D eigenvalue weighted by atomic mass is 16.5.